The van der Waals surface area contributed by atoms with Crippen molar-refractivity contribution in [3.63, 3.8) is 0 Å². The molecule has 0 aliphatic rings. The highest BCUT2D eigenvalue weighted by molar-refractivity contribution is 7.92. The molecule has 2 atom stereocenters. The highest BCUT2D eigenvalue weighted by atomic mass is 32.2. The molecule has 0 radical (unpaired) electrons. The van der Waals surface area contributed by atoms with Gasteiger partial charge < -0.3 is 19.7 Å². The van der Waals surface area contributed by atoms with Crippen molar-refractivity contribution in [3.8, 4) is 11.5 Å². The Morgan fingerprint density at radius 3 is 2.19 bits per heavy atom. The monoisotopic (exact) mass is 599 g/mol. The van der Waals surface area contributed by atoms with E-state index in [0.29, 0.717) is 12.2 Å². The number of rotatable bonds is 14. The van der Waals surface area contributed by atoms with E-state index in [-0.39, 0.29) is 36.0 Å². The molecule has 0 aromatic heterocycles. The average Bonchev–Trinajstić information content (AvgIpc) is 2.97. The normalized spacial score (nSPS) is 12.6. The van der Waals surface area contributed by atoms with E-state index in [1.165, 1.54) is 55.5 Å². The van der Waals surface area contributed by atoms with E-state index in [4.69, 9.17) is 9.47 Å². The summed E-state index contributed by atoms with van der Waals surface area (Å²) in [5.74, 6) is -0.995. The van der Waals surface area contributed by atoms with Crippen LogP contribution in [0, 0.1) is 5.82 Å². The van der Waals surface area contributed by atoms with Gasteiger partial charge in [0.05, 0.1) is 26.2 Å². The second-order valence-corrected chi connectivity index (χ2v) is 11.9. The van der Waals surface area contributed by atoms with E-state index in [1.54, 1.807) is 6.07 Å². The average molecular weight is 600 g/mol. The highest BCUT2D eigenvalue weighted by Gasteiger charge is 2.34. The maximum absolute atomic E-state index is 14.9. The van der Waals surface area contributed by atoms with Gasteiger partial charge in [-0.25, -0.2) is 12.8 Å². The molecular formula is C31H38FN3O6S. The van der Waals surface area contributed by atoms with Crippen molar-refractivity contribution in [2.45, 2.75) is 45.3 Å². The number of carbonyl (C=O) groups is 2. The van der Waals surface area contributed by atoms with Crippen LogP contribution in [0.15, 0.2) is 72.8 Å². The third-order valence-corrected chi connectivity index (χ3v) is 8.05. The molecule has 0 bridgehead atoms. The van der Waals surface area contributed by atoms with Crippen LogP contribution in [0.1, 0.15) is 31.4 Å². The van der Waals surface area contributed by atoms with Crippen LogP contribution in [0.3, 0.4) is 0 Å². The molecule has 3 aromatic rings. The summed E-state index contributed by atoms with van der Waals surface area (Å²) in [5.41, 5.74) is 1.14. The van der Waals surface area contributed by atoms with E-state index >= 15 is 0 Å². The lowest BCUT2D eigenvalue weighted by atomic mass is 10.0. The van der Waals surface area contributed by atoms with Gasteiger partial charge in [-0.15, -0.1) is 0 Å². The Morgan fingerprint density at radius 1 is 0.952 bits per heavy atom. The number of nitrogens with zero attached hydrogens (tertiary/aromatic N) is 2. The molecule has 3 aromatic carbocycles. The fourth-order valence-electron chi connectivity index (χ4n) is 4.40. The van der Waals surface area contributed by atoms with Crippen molar-refractivity contribution in [3.05, 3.63) is 89.7 Å². The Bertz CT molecular complexity index is 1470. The molecule has 0 heterocycles. The summed E-state index contributed by atoms with van der Waals surface area (Å²) in [7, 11) is -1.12. The molecular weight excluding hydrogens is 561 g/mol. The lowest BCUT2D eigenvalue weighted by Gasteiger charge is -2.34. The number of hydrogen-bond acceptors (Lipinski definition) is 6. The molecule has 0 aliphatic heterocycles. The number of amides is 2. The number of nitrogens with one attached hydrogen (secondary N) is 1. The molecule has 0 aliphatic carbocycles. The van der Waals surface area contributed by atoms with Crippen molar-refractivity contribution in [2.75, 3.05) is 31.3 Å². The zero-order chi connectivity index (χ0) is 30.9. The van der Waals surface area contributed by atoms with Crippen molar-refractivity contribution in [1.82, 2.24) is 10.2 Å². The van der Waals surface area contributed by atoms with Gasteiger partial charge in [-0.05, 0) is 37.1 Å². The molecule has 226 valence electrons. The second-order valence-electron chi connectivity index (χ2n) is 9.95. The zero-order valence-electron chi connectivity index (χ0n) is 24.5. The first kappa shape index (κ1) is 32.4. The van der Waals surface area contributed by atoms with Gasteiger partial charge >= 0.3 is 0 Å². The molecule has 9 nitrogen and oxygen atoms in total. The first-order valence-electron chi connectivity index (χ1n) is 13.5. The van der Waals surface area contributed by atoms with Crippen LogP contribution in [0.2, 0.25) is 0 Å². The molecule has 0 saturated heterocycles. The van der Waals surface area contributed by atoms with Gasteiger partial charge in [-0.2, -0.15) is 0 Å². The van der Waals surface area contributed by atoms with Crippen LogP contribution in [0.4, 0.5) is 10.1 Å². The number of sulfonamides is 1. The fraction of sp³-hybridized carbons (Fsp3) is 0.355. The fourth-order valence-corrected chi connectivity index (χ4v) is 5.24. The van der Waals surface area contributed by atoms with E-state index in [9.17, 15) is 22.4 Å². The Hall–Kier alpha value is -4.12. The summed E-state index contributed by atoms with van der Waals surface area (Å²) in [6.07, 6.45) is 1.78. The van der Waals surface area contributed by atoms with Crippen LogP contribution in [-0.4, -0.2) is 64.2 Å². The quantitative estimate of drug-likeness (QED) is 0.298. The van der Waals surface area contributed by atoms with Crippen LogP contribution in [0.25, 0.3) is 0 Å². The number of benzene rings is 3. The number of methoxy groups -OCH3 is 2. The summed E-state index contributed by atoms with van der Waals surface area (Å²) in [4.78, 5) is 29.1. The molecule has 1 N–H and O–H groups in total. The van der Waals surface area contributed by atoms with Crippen molar-refractivity contribution >= 4 is 27.5 Å². The van der Waals surface area contributed by atoms with E-state index in [0.717, 1.165) is 16.1 Å². The summed E-state index contributed by atoms with van der Waals surface area (Å²) in [5, 5.41) is 2.94. The van der Waals surface area contributed by atoms with Gasteiger partial charge in [0.15, 0.2) is 11.5 Å². The van der Waals surface area contributed by atoms with Crippen LogP contribution in [0.5, 0.6) is 11.5 Å². The molecule has 11 heteroatoms. The maximum atomic E-state index is 14.9. The van der Waals surface area contributed by atoms with Gasteiger partial charge in [-0.3, -0.25) is 13.9 Å². The molecule has 0 unspecified atom stereocenters. The van der Waals surface area contributed by atoms with E-state index < -0.39 is 40.2 Å². The molecule has 0 fully saturated rings. The topological polar surface area (TPSA) is 105 Å². The molecule has 3 rings (SSSR count). The van der Waals surface area contributed by atoms with Crippen molar-refractivity contribution in [1.29, 1.82) is 0 Å². The second kappa shape index (κ2) is 14.7. The number of ether oxygens (including phenoxy) is 2. The molecule has 0 saturated carbocycles. The van der Waals surface area contributed by atoms with Gasteiger partial charge in [0, 0.05) is 30.6 Å². The van der Waals surface area contributed by atoms with Crippen molar-refractivity contribution in [2.24, 2.45) is 0 Å². The Kier molecular flexibility index (Phi) is 11.3. The van der Waals surface area contributed by atoms with Crippen LogP contribution in [-0.2, 0) is 32.6 Å². The molecule has 0 spiro atoms. The lowest BCUT2D eigenvalue weighted by molar-refractivity contribution is -0.140. The minimum atomic E-state index is -3.99. The SMILES string of the molecule is CC[C@@H](C)NC(=O)[C@@H](Cc1ccccc1)N(Cc1ccccc1F)C(=O)CN(c1ccc(OC)c(OC)c1)S(C)(=O)=O. The summed E-state index contributed by atoms with van der Waals surface area (Å²) in [6, 6.07) is 18.4. The van der Waals surface area contributed by atoms with Gasteiger partial charge in [0.1, 0.15) is 18.4 Å². The van der Waals surface area contributed by atoms with Gasteiger partial charge in [0.25, 0.3) is 0 Å². The summed E-state index contributed by atoms with van der Waals surface area (Å²) < 4.78 is 52.3. The van der Waals surface area contributed by atoms with Crippen molar-refractivity contribution < 1.29 is 31.9 Å². The van der Waals surface area contributed by atoms with Crippen LogP contribution >= 0.6 is 0 Å². The molecule has 2 amide bonds. The predicted molar refractivity (Wildman–Crippen MR) is 161 cm³/mol. The first-order chi connectivity index (χ1) is 20.0. The number of hydrogen-bond donors (Lipinski definition) is 1. The minimum Gasteiger partial charge on any atom is -0.493 e. The first-order valence-corrected chi connectivity index (χ1v) is 15.4. The predicted octanol–water partition coefficient (Wildman–Crippen LogP) is 4.16. The Balaban J connectivity index is 2.09. The van der Waals surface area contributed by atoms with Gasteiger partial charge in [-0.1, -0.05) is 55.5 Å². The smallest absolute Gasteiger partial charge is 0.244 e. The summed E-state index contributed by atoms with van der Waals surface area (Å²) in [6.45, 7) is 2.89. The summed E-state index contributed by atoms with van der Waals surface area (Å²) >= 11 is 0. The lowest BCUT2D eigenvalue weighted by Crippen LogP contribution is -2.54. The minimum absolute atomic E-state index is 0.137. The van der Waals surface area contributed by atoms with Crippen LogP contribution < -0.4 is 19.1 Å². The number of carbonyl (C=O) groups excluding carboxylic acids is 2. The van der Waals surface area contributed by atoms with E-state index in [1.807, 2.05) is 44.2 Å². The van der Waals surface area contributed by atoms with E-state index in [2.05, 4.69) is 5.32 Å². The largest absolute Gasteiger partial charge is 0.493 e. The number of anilines is 1. The van der Waals surface area contributed by atoms with Gasteiger partial charge in [0.2, 0.25) is 21.8 Å². The standard InChI is InChI=1S/C31H38FN3O6S/c1-6-22(2)33-31(37)27(18-23-12-8-7-9-13-23)34(20-24-14-10-11-15-26(24)32)30(36)21-35(42(5,38)39)25-16-17-28(40-3)29(19-25)41-4/h7-17,19,22,27H,6,18,20-21H2,1-5H3,(H,33,37)/t22-,27-/m1/s1. The highest BCUT2D eigenvalue weighted by Crippen LogP contribution is 2.32. The Morgan fingerprint density at radius 2 is 1.60 bits per heavy atom. The number of halogens is 1. The maximum Gasteiger partial charge on any atom is 0.244 e. The third kappa shape index (κ3) is 8.45. The third-order valence-electron chi connectivity index (χ3n) is 6.90. The zero-order valence-corrected chi connectivity index (χ0v) is 25.4. The Labute approximate surface area is 247 Å². The molecule has 42 heavy (non-hydrogen) atoms.